The maximum atomic E-state index is 12.7. The summed E-state index contributed by atoms with van der Waals surface area (Å²) in [7, 11) is -1.81. The monoisotopic (exact) mass is 341 g/mol. The maximum Gasteiger partial charge on any atom is 0.244 e. The molecule has 2 fully saturated rings. The van der Waals surface area contributed by atoms with Gasteiger partial charge in [0.25, 0.3) is 0 Å². The molecule has 0 spiro atoms. The van der Waals surface area contributed by atoms with E-state index < -0.39 is 10.0 Å². The Kier molecular flexibility index (Phi) is 5.27. The first kappa shape index (κ1) is 16.8. The Bertz CT molecular complexity index is 608. The molecule has 0 bridgehead atoms. The molecule has 1 aromatic heterocycles. The molecule has 23 heavy (non-hydrogen) atoms. The summed E-state index contributed by atoms with van der Waals surface area (Å²) in [6, 6.07) is 3.23. The van der Waals surface area contributed by atoms with Crippen LogP contribution in [0.4, 0.5) is 0 Å². The molecule has 0 aliphatic carbocycles. The quantitative estimate of drug-likeness (QED) is 0.754. The van der Waals surface area contributed by atoms with Gasteiger partial charge in [-0.2, -0.15) is 4.31 Å². The molecule has 0 N–H and O–H groups in total. The minimum absolute atomic E-state index is 0.0333. The highest BCUT2D eigenvalue weighted by atomic mass is 32.2. The summed E-state index contributed by atoms with van der Waals surface area (Å²) in [5.41, 5.74) is 0. The summed E-state index contributed by atoms with van der Waals surface area (Å²) in [5.74, 6) is 0.195. The highest BCUT2D eigenvalue weighted by Crippen LogP contribution is 2.28. The second kappa shape index (κ2) is 7.23. The van der Waals surface area contributed by atoms with Crippen molar-refractivity contribution in [2.24, 2.45) is 5.92 Å². The van der Waals surface area contributed by atoms with E-state index in [0.717, 1.165) is 19.6 Å². The first-order chi connectivity index (χ1) is 11.1. The fourth-order valence-electron chi connectivity index (χ4n) is 3.19. The Morgan fingerprint density at radius 3 is 3.00 bits per heavy atom. The maximum absolute atomic E-state index is 12.7. The van der Waals surface area contributed by atoms with Crippen LogP contribution < -0.4 is 0 Å². The molecule has 8 heteroatoms. The van der Waals surface area contributed by atoms with Crippen LogP contribution in [0.3, 0.4) is 0 Å². The predicted molar refractivity (Wildman–Crippen MR) is 84.5 cm³/mol. The van der Waals surface area contributed by atoms with Crippen LogP contribution >= 0.6 is 0 Å². The number of ether oxygens (including phenoxy) is 2. The summed E-state index contributed by atoms with van der Waals surface area (Å²) < 4.78 is 38.0. The van der Waals surface area contributed by atoms with E-state index in [1.807, 2.05) is 0 Å². The van der Waals surface area contributed by atoms with E-state index in [4.69, 9.17) is 9.47 Å². The zero-order valence-corrected chi connectivity index (χ0v) is 14.1. The third-order valence-corrected chi connectivity index (χ3v) is 6.28. The van der Waals surface area contributed by atoms with Gasteiger partial charge in [-0.05, 0) is 12.1 Å². The molecule has 0 amide bonds. The van der Waals surface area contributed by atoms with Crippen molar-refractivity contribution in [3.05, 3.63) is 24.5 Å². The van der Waals surface area contributed by atoms with Gasteiger partial charge < -0.3 is 9.47 Å². The lowest BCUT2D eigenvalue weighted by Gasteiger charge is -2.22. The average molecular weight is 341 g/mol. The molecule has 3 heterocycles. The third kappa shape index (κ3) is 3.72. The number of sulfonamides is 1. The van der Waals surface area contributed by atoms with Gasteiger partial charge in [0.05, 0.1) is 19.3 Å². The normalized spacial score (nSPS) is 26.8. The van der Waals surface area contributed by atoms with Crippen molar-refractivity contribution >= 4 is 10.0 Å². The van der Waals surface area contributed by atoms with E-state index >= 15 is 0 Å². The summed E-state index contributed by atoms with van der Waals surface area (Å²) in [6.07, 6.45) is 2.94. The van der Waals surface area contributed by atoms with Crippen molar-refractivity contribution in [1.29, 1.82) is 0 Å². The highest BCUT2D eigenvalue weighted by molar-refractivity contribution is 7.89. The van der Waals surface area contributed by atoms with Crippen molar-refractivity contribution in [3.63, 3.8) is 0 Å². The number of methoxy groups -OCH3 is 1. The number of hydrogen-bond donors (Lipinski definition) is 0. The first-order valence-corrected chi connectivity index (χ1v) is 9.28. The van der Waals surface area contributed by atoms with Crippen LogP contribution in [0.2, 0.25) is 0 Å². The van der Waals surface area contributed by atoms with E-state index in [2.05, 4.69) is 9.88 Å². The summed E-state index contributed by atoms with van der Waals surface area (Å²) in [5, 5.41) is 0. The number of nitrogens with zero attached hydrogens (tertiary/aromatic N) is 3. The average Bonchev–Trinajstić information content (AvgIpc) is 2.87. The molecule has 0 saturated carbocycles. The molecule has 2 saturated heterocycles. The predicted octanol–water partition coefficient (Wildman–Crippen LogP) is 0.0493. The molecule has 3 rings (SSSR count). The number of aromatic nitrogens is 1. The number of fused-ring (bicyclic) bond motifs is 1. The molecule has 0 unspecified atom stereocenters. The second-order valence-electron chi connectivity index (χ2n) is 5.97. The van der Waals surface area contributed by atoms with E-state index in [1.165, 1.54) is 10.5 Å². The number of hydrogen-bond acceptors (Lipinski definition) is 6. The largest absolute Gasteiger partial charge is 0.383 e. The third-order valence-electron chi connectivity index (χ3n) is 4.46. The molecule has 2 aliphatic heterocycles. The lowest BCUT2D eigenvalue weighted by molar-refractivity contribution is 0.0543. The van der Waals surface area contributed by atoms with Crippen LogP contribution in [0.15, 0.2) is 29.4 Å². The lowest BCUT2D eigenvalue weighted by atomic mass is 10.1. The van der Waals surface area contributed by atoms with Crippen LogP contribution in [-0.2, 0) is 19.5 Å². The summed E-state index contributed by atoms with van der Waals surface area (Å²) in [6.45, 7) is 4.77. The van der Waals surface area contributed by atoms with Gasteiger partial charge in [-0.15, -0.1) is 0 Å². The standard InChI is InChI=1S/C15H23N3O4S/c1-21-7-5-17-6-8-22-15-12-18(11-13(15)10-17)23(19,20)14-3-2-4-16-9-14/h2-4,9,13,15H,5-8,10-12H2,1H3/t13-,15-/m0/s1. The number of rotatable bonds is 5. The van der Waals surface area contributed by atoms with E-state index in [9.17, 15) is 8.42 Å². The molecule has 7 nitrogen and oxygen atoms in total. The Hall–Kier alpha value is -1.06. The van der Waals surface area contributed by atoms with Gasteiger partial charge in [-0.1, -0.05) is 0 Å². The topological polar surface area (TPSA) is 72.0 Å². The van der Waals surface area contributed by atoms with Gasteiger partial charge >= 0.3 is 0 Å². The van der Waals surface area contributed by atoms with Gasteiger partial charge in [0.15, 0.2) is 0 Å². The van der Waals surface area contributed by atoms with Crippen LogP contribution in [0.1, 0.15) is 0 Å². The Labute approximate surface area is 137 Å². The zero-order chi connectivity index (χ0) is 16.3. The number of pyridine rings is 1. The zero-order valence-electron chi connectivity index (χ0n) is 13.3. The van der Waals surface area contributed by atoms with Crippen LogP contribution in [0, 0.1) is 5.92 Å². The summed E-state index contributed by atoms with van der Waals surface area (Å²) >= 11 is 0. The van der Waals surface area contributed by atoms with Crippen molar-refractivity contribution in [2.75, 3.05) is 53.0 Å². The van der Waals surface area contributed by atoms with Crippen LogP contribution in [0.25, 0.3) is 0 Å². The first-order valence-electron chi connectivity index (χ1n) is 7.84. The minimum atomic E-state index is -3.50. The van der Waals surface area contributed by atoms with Gasteiger partial charge in [-0.25, -0.2) is 8.42 Å². The van der Waals surface area contributed by atoms with Crippen molar-refractivity contribution < 1.29 is 17.9 Å². The van der Waals surface area contributed by atoms with Gasteiger partial charge in [0, 0.05) is 58.1 Å². The molecule has 0 radical (unpaired) electrons. The van der Waals surface area contributed by atoms with Crippen molar-refractivity contribution in [2.45, 2.75) is 11.0 Å². The molecular weight excluding hydrogens is 318 g/mol. The lowest BCUT2D eigenvalue weighted by Crippen LogP contribution is -2.35. The molecule has 2 atom stereocenters. The fourth-order valence-corrected chi connectivity index (χ4v) is 4.67. The Morgan fingerprint density at radius 2 is 2.26 bits per heavy atom. The minimum Gasteiger partial charge on any atom is -0.383 e. The van der Waals surface area contributed by atoms with E-state index in [-0.39, 0.29) is 16.9 Å². The fraction of sp³-hybridized carbons (Fsp3) is 0.667. The van der Waals surface area contributed by atoms with Crippen LogP contribution in [-0.4, -0.2) is 81.8 Å². The summed E-state index contributed by atoms with van der Waals surface area (Å²) in [4.78, 5) is 6.44. The van der Waals surface area contributed by atoms with E-state index in [1.54, 1.807) is 25.4 Å². The molecular formula is C15H23N3O4S. The molecule has 1 aromatic rings. The Balaban J connectivity index is 1.70. The SMILES string of the molecule is COCCN1CCO[C@H]2CN(S(=O)(=O)c3cccnc3)C[C@@H]2C1. The van der Waals surface area contributed by atoms with Gasteiger partial charge in [0.1, 0.15) is 4.90 Å². The highest BCUT2D eigenvalue weighted by Gasteiger charge is 2.41. The van der Waals surface area contributed by atoms with Gasteiger partial charge in [0.2, 0.25) is 10.0 Å². The van der Waals surface area contributed by atoms with Crippen LogP contribution in [0.5, 0.6) is 0 Å². The van der Waals surface area contributed by atoms with Gasteiger partial charge in [-0.3, -0.25) is 9.88 Å². The van der Waals surface area contributed by atoms with Crippen molar-refractivity contribution in [3.8, 4) is 0 Å². The molecule has 128 valence electrons. The molecule has 0 aromatic carbocycles. The smallest absolute Gasteiger partial charge is 0.244 e. The second-order valence-corrected chi connectivity index (χ2v) is 7.91. The van der Waals surface area contributed by atoms with Crippen molar-refractivity contribution in [1.82, 2.24) is 14.2 Å². The molecule has 2 aliphatic rings. The Morgan fingerprint density at radius 1 is 1.39 bits per heavy atom. The van der Waals surface area contributed by atoms with E-state index in [0.29, 0.717) is 26.3 Å².